The van der Waals surface area contributed by atoms with Crippen molar-refractivity contribution in [2.45, 2.75) is 0 Å². The van der Waals surface area contributed by atoms with E-state index in [1.54, 1.807) is 0 Å². The second kappa shape index (κ2) is 5.19. The monoisotopic (exact) mass is 283 g/mol. The van der Waals surface area contributed by atoms with Crippen molar-refractivity contribution in [1.29, 1.82) is 0 Å². The Labute approximate surface area is 130 Å². The Hall–Kier alpha value is -2.80. The Kier molecular flexibility index (Phi) is 3.05. The average molecular weight is 283 g/mol. The molecule has 0 saturated heterocycles. The zero-order valence-electron chi connectivity index (χ0n) is 12.5. The highest BCUT2D eigenvalue weighted by Gasteiger charge is 2.11. The summed E-state index contributed by atoms with van der Waals surface area (Å²) in [6.07, 6.45) is 0. The molecule has 22 heavy (non-hydrogen) atoms. The molecular formula is C21H17N. The highest BCUT2D eigenvalue weighted by Crippen LogP contribution is 2.34. The van der Waals surface area contributed by atoms with Gasteiger partial charge in [0.15, 0.2) is 0 Å². The van der Waals surface area contributed by atoms with Crippen LogP contribution in [-0.2, 0) is 7.05 Å². The van der Waals surface area contributed by atoms with Crippen molar-refractivity contribution in [2.24, 2.45) is 7.05 Å². The molecule has 1 nitrogen and oxygen atoms in total. The van der Waals surface area contributed by atoms with Crippen LogP contribution >= 0.6 is 0 Å². The lowest BCUT2D eigenvalue weighted by Gasteiger charge is -2.11. The lowest BCUT2D eigenvalue weighted by atomic mass is 9.97. The molecule has 0 N–H and O–H groups in total. The predicted molar refractivity (Wildman–Crippen MR) is 93.8 cm³/mol. The van der Waals surface area contributed by atoms with Crippen molar-refractivity contribution in [2.75, 3.05) is 0 Å². The van der Waals surface area contributed by atoms with Gasteiger partial charge in [-0.2, -0.15) is 0 Å². The van der Waals surface area contributed by atoms with E-state index < -0.39 is 0 Å². The molecule has 4 aromatic rings. The quantitative estimate of drug-likeness (QED) is 0.457. The lowest BCUT2D eigenvalue weighted by molar-refractivity contribution is 0.978. The molecule has 0 bridgehead atoms. The minimum Gasteiger partial charge on any atom is -0.344 e. The summed E-state index contributed by atoms with van der Waals surface area (Å²) in [6, 6.07) is 30.0. The lowest BCUT2D eigenvalue weighted by Crippen LogP contribution is -1.93. The minimum absolute atomic E-state index is 1.25. The number of para-hydroxylation sites is 1. The largest absolute Gasteiger partial charge is 0.344 e. The van der Waals surface area contributed by atoms with Crippen LogP contribution in [0, 0.1) is 0 Å². The summed E-state index contributed by atoms with van der Waals surface area (Å²) in [7, 11) is 2.14. The van der Waals surface area contributed by atoms with Crippen LogP contribution in [0.5, 0.6) is 0 Å². The zero-order chi connectivity index (χ0) is 14.9. The van der Waals surface area contributed by atoms with Gasteiger partial charge in [0.05, 0.1) is 0 Å². The van der Waals surface area contributed by atoms with Gasteiger partial charge in [-0.05, 0) is 23.3 Å². The van der Waals surface area contributed by atoms with E-state index in [9.17, 15) is 0 Å². The third-order valence-electron chi connectivity index (χ3n) is 4.24. The Balaban J connectivity index is 1.98. The molecule has 0 fully saturated rings. The number of aryl methyl sites for hydroxylation is 1. The van der Waals surface area contributed by atoms with Gasteiger partial charge in [-0.25, -0.2) is 0 Å². The summed E-state index contributed by atoms with van der Waals surface area (Å²) < 4.78 is 2.27. The van der Waals surface area contributed by atoms with Crippen molar-refractivity contribution in [1.82, 2.24) is 4.57 Å². The van der Waals surface area contributed by atoms with Crippen molar-refractivity contribution >= 4 is 10.9 Å². The van der Waals surface area contributed by atoms with Gasteiger partial charge in [0.1, 0.15) is 0 Å². The molecule has 1 heteroatoms. The fraction of sp³-hybridized carbons (Fsp3) is 0.0476. The first kappa shape index (κ1) is 12.9. The van der Waals surface area contributed by atoms with Gasteiger partial charge in [0.2, 0.25) is 0 Å². The molecule has 1 heterocycles. The van der Waals surface area contributed by atoms with Crippen LogP contribution < -0.4 is 0 Å². The molecule has 0 atom stereocenters. The highest BCUT2D eigenvalue weighted by molar-refractivity contribution is 5.91. The molecule has 0 spiro atoms. The van der Waals surface area contributed by atoms with Crippen LogP contribution in [0.1, 0.15) is 0 Å². The molecule has 0 aliphatic heterocycles. The number of aromatic nitrogens is 1. The number of fused-ring (bicyclic) bond motifs is 1. The SMILES string of the molecule is Cn1c(-c2ccccc2-c2ccccc2)cc2ccccc21. The van der Waals surface area contributed by atoms with Gasteiger partial charge in [0, 0.05) is 29.2 Å². The minimum atomic E-state index is 1.25. The van der Waals surface area contributed by atoms with Gasteiger partial charge in [0.25, 0.3) is 0 Å². The van der Waals surface area contributed by atoms with Gasteiger partial charge in [-0.15, -0.1) is 0 Å². The molecule has 1 aromatic heterocycles. The van der Waals surface area contributed by atoms with E-state index in [-0.39, 0.29) is 0 Å². The number of benzene rings is 3. The number of rotatable bonds is 2. The van der Waals surface area contributed by atoms with Gasteiger partial charge in [-0.3, -0.25) is 0 Å². The molecule has 106 valence electrons. The first-order valence-electron chi connectivity index (χ1n) is 7.54. The molecule has 0 aliphatic carbocycles. The van der Waals surface area contributed by atoms with E-state index in [0.29, 0.717) is 0 Å². The van der Waals surface area contributed by atoms with Crippen molar-refractivity contribution < 1.29 is 0 Å². The molecule has 3 aromatic carbocycles. The van der Waals surface area contributed by atoms with Crippen LogP contribution in [0.25, 0.3) is 33.3 Å². The van der Waals surface area contributed by atoms with Gasteiger partial charge in [-0.1, -0.05) is 72.8 Å². The highest BCUT2D eigenvalue weighted by atomic mass is 14.9. The van der Waals surface area contributed by atoms with E-state index in [4.69, 9.17) is 0 Å². The van der Waals surface area contributed by atoms with Crippen molar-refractivity contribution in [3.05, 3.63) is 84.9 Å². The maximum absolute atomic E-state index is 2.27. The Bertz CT molecular complexity index is 932. The van der Waals surface area contributed by atoms with E-state index in [1.165, 1.54) is 33.3 Å². The third-order valence-corrected chi connectivity index (χ3v) is 4.24. The average Bonchev–Trinajstić information content (AvgIpc) is 2.93. The fourth-order valence-electron chi connectivity index (χ4n) is 3.12. The number of hydrogen-bond donors (Lipinski definition) is 0. The number of hydrogen-bond acceptors (Lipinski definition) is 0. The van der Waals surface area contributed by atoms with E-state index in [1.807, 2.05) is 0 Å². The molecule has 0 aliphatic rings. The van der Waals surface area contributed by atoms with E-state index in [0.717, 1.165) is 0 Å². The second-order valence-corrected chi connectivity index (χ2v) is 5.56. The maximum Gasteiger partial charge on any atom is 0.0494 e. The smallest absolute Gasteiger partial charge is 0.0494 e. The summed E-state index contributed by atoms with van der Waals surface area (Å²) >= 11 is 0. The van der Waals surface area contributed by atoms with Crippen LogP contribution in [0.4, 0.5) is 0 Å². The predicted octanol–water partition coefficient (Wildman–Crippen LogP) is 5.51. The van der Waals surface area contributed by atoms with Crippen molar-refractivity contribution in [3.63, 3.8) is 0 Å². The van der Waals surface area contributed by atoms with Gasteiger partial charge < -0.3 is 4.57 Å². The normalized spacial score (nSPS) is 11.0. The van der Waals surface area contributed by atoms with Crippen LogP contribution in [0.3, 0.4) is 0 Å². The maximum atomic E-state index is 2.27. The number of nitrogens with zero attached hydrogens (tertiary/aromatic N) is 1. The molecule has 0 unspecified atom stereocenters. The molecule has 0 amide bonds. The molecule has 0 radical (unpaired) electrons. The van der Waals surface area contributed by atoms with Crippen LogP contribution in [-0.4, -0.2) is 4.57 Å². The standard InChI is InChI=1S/C21H17N/c1-22-20-14-8-5-11-17(20)15-21(22)19-13-7-6-12-18(19)16-9-3-2-4-10-16/h2-15H,1H3. The van der Waals surface area contributed by atoms with Crippen molar-refractivity contribution in [3.8, 4) is 22.4 Å². The van der Waals surface area contributed by atoms with E-state index in [2.05, 4.69) is 96.5 Å². The summed E-state index contributed by atoms with van der Waals surface area (Å²) in [6.45, 7) is 0. The van der Waals surface area contributed by atoms with Gasteiger partial charge >= 0.3 is 0 Å². The van der Waals surface area contributed by atoms with Crippen LogP contribution in [0.2, 0.25) is 0 Å². The summed E-state index contributed by atoms with van der Waals surface area (Å²) in [5, 5.41) is 1.28. The second-order valence-electron chi connectivity index (χ2n) is 5.56. The van der Waals surface area contributed by atoms with E-state index >= 15 is 0 Å². The Morgan fingerprint density at radius 1 is 0.636 bits per heavy atom. The summed E-state index contributed by atoms with van der Waals surface area (Å²) in [5.74, 6) is 0. The fourth-order valence-corrected chi connectivity index (χ4v) is 3.12. The zero-order valence-corrected chi connectivity index (χ0v) is 12.5. The Morgan fingerprint density at radius 2 is 1.27 bits per heavy atom. The first-order chi connectivity index (χ1) is 10.8. The topological polar surface area (TPSA) is 4.93 Å². The molecule has 4 rings (SSSR count). The third kappa shape index (κ3) is 2.03. The molecule has 0 saturated carbocycles. The molecular weight excluding hydrogens is 266 g/mol. The summed E-state index contributed by atoms with van der Waals surface area (Å²) in [5.41, 5.74) is 6.31. The summed E-state index contributed by atoms with van der Waals surface area (Å²) in [4.78, 5) is 0. The first-order valence-corrected chi connectivity index (χ1v) is 7.54. The Morgan fingerprint density at radius 3 is 2.05 bits per heavy atom. The van der Waals surface area contributed by atoms with Crippen LogP contribution in [0.15, 0.2) is 84.9 Å².